The molecule has 0 aromatic heterocycles. The van der Waals surface area contributed by atoms with Crippen molar-refractivity contribution in [3.05, 3.63) is 22.8 Å². The van der Waals surface area contributed by atoms with Gasteiger partial charge in [-0.15, -0.1) is 0 Å². The average molecular weight is 249 g/mol. The van der Waals surface area contributed by atoms with E-state index in [1.807, 2.05) is 6.07 Å². The fourth-order valence-corrected chi connectivity index (χ4v) is 3.28. The van der Waals surface area contributed by atoms with Crippen LogP contribution in [0.5, 0.6) is 11.5 Å². The standard InChI is InChI=1S/C15H23NO2/c1-10-8-12(18-3)14(17)13(11(10)2)15(9-16)6-4-5-7-15/h8,17H,4-7,9,16H2,1-3H3. The van der Waals surface area contributed by atoms with Crippen molar-refractivity contribution < 1.29 is 9.84 Å². The first-order valence-electron chi connectivity index (χ1n) is 6.63. The van der Waals surface area contributed by atoms with Crippen LogP contribution in [0.3, 0.4) is 0 Å². The third-order valence-corrected chi connectivity index (χ3v) is 4.49. The molecule has 3 nitrogen and oxygen atoms in total. The van der Waals surface area contributed by atoms with Gasteiger partial charge in [-0.1, -0.05) is 12.8 Å². The Morgan fingerprint density at radius 2 is 1.94 bits per heavy atom. The molecule has 0 atom stereocenters. The van der Waals surface area contributed by atoms with Crippen molar-refractivity contribution in [1.29, 1.82) is 0 Å². The second-order valence-corrected chi connectivity index (χ2v) is 5.44. The summed E-state index contributed by atoms with van der Waals surface area (Å²) in [6, 6.07) is 1.90. The fourth-order valence-electron chi connectivity index (χ4n) is 3.28. The molecule has 1 fully saturated rings. The van der Waals surface area contributed by atoms with Gasteiger partial charge in [0.2, 0.25) is 0 Å². The second-order valence-electron chi connectivity index (χ2n) is 5.44. The number of rotatable bonds is 3. The Bertz CT molecular complexity index is 448. The minimum atomic E-state index is -0.0620. The summed E-state index contributed by atoms with van der Waals surface area (Å²) in [7, 11) is 1.59. The molecule has 2 rings (SSSR count). The summed E-state index contributed by atoms with van der Waals surface area (Å²) in [6.07, 6.45) is 4.49. The van der Waals surface area contributed by atoms with Crippen molar-refractivity contribution in [2.24, 2.45) is 5.73 Å². The van der Waals surface area contributed by atoms with Crippen LogP contribution in [0.4, 0.5) is 0 Å². The second kappa shape index (κ2) is 4.81. The van der Waals surface area contributed by atoms with E-state index in [0.717, 1.165) is 29.5 Å². The third-order valence-electron chi connectivity index (χ3n) is 4.49. The van der Waals surface area contributed by atoms with Crippen LogP contribution in [0, 0.1) is 13.8 Å². The number of ether oxygens (including phenoxy) is 1. The van der Waals surface area contributed by atoms with E-state index in [1.165, 1.54) is 12.8 Å². The van der Waals surface area contributed by atoms with Crippen LogP contribution in [-0.4, -0.2) is 18.8 Å². The maximum absolute atomic E-state index is 10.5. The first-order valence-corrected chi connectivity index (χ1v) is 6.63. The number of hydrogen-bond donors (Lipinski definition) is 2. The van der Waals surface area contributed by atoms with Crippen molar-refractivity contribution in [1.82, 2.24) is 0 Å². The highest BCUT2D eigenvalue weighted by atomic mass is 16.5. The number of phenols is 1. The minimum Gasteiger partial charge on any atom is -0.504 e. The molecule has 0 saturated heterocycles. The Labute approximate surface area is 109 Å². The molecule has 0 heterocycles. The van der Waals surface area contributed by atoms with Gasteiger partial charge in [0.1, 0.15) is 0 Å². The Morgan fingerprint density at radius 3 is 2.44 bits per heavy atom. The molecular formula is C15H23NO2. The number of nitrogens with two attached hydrogens (primary N) is 1. The molecule has 0 aliphatic heterocycles. The number of aromatic hydroxyl groups is 1. The number of aryl methyl sites for hydroxylation is 1. The van der Waals surface area contributed by atoms with Crippen LogP contribution >= 0.6 is 0 Å². The summed E-state index contributed by atoms with van der Waals surface area (Å²) in [6.45, 7) is 4.72. The maximum Gasteiger partial charge on any atom is 0.161 e. The molecule has 1 saturated carbocycles. The van der Waals surface area contributed by atoms with Crippen molar-refractivity contribution in [2.75, 3.05) is 13.7 Å². The lowest BCUT2D eigenvalue weighted by atomic mass is 9.75. The van der Waals surface area contributed by atoms with Crippen LogP contribution in [0.25, 0.3) is 0 Å². The van der Waals surface area contributed by atoms with Crippen LogP contribution in [0.15, 0.2) is 6.07 Å². The monoisotopic (exact) mass is 249 g/mol. The van der Waals surface area contributed by atoms with E-state index in [-0.39, 0.29) is 11.2 Å². The van der Waals surface area contributed by atoms with Gasteiger partial charge in [-0.3, -0.25) is 0 Å². The first kappa shape index (κ1) is 13.2. The fraction of sp³-hybridized carbons (Fsp3) is 0.600. The zero-order valence-corrected chi connectivity index (χ0v) is 11.5. The molecule has 0 unspecified atom stereocenters. The third kappa shape index (κ3) is 1.87. The molecule has 3 N–H and O–H groups in total. The van der Waals surface area contributed by atoms with Gasteiger partial charge in [-0.05, 0) is 43.9 Å². The van der Waals surface area contributed by atoms with E-state index in [0.29, 0.717) is 12.3 Å². The summed E-state index contributed by atoms with van der Waals surface area (Å²) in [5.74, 6) is 0.848. The molecule has 0 spiro atoms. The smallest absolute Gasteiger partial charge is 0.161 e. The predicted octanol–water partition coefficient (Wildman–Crippen LogP) is 2.79. The van der Waals surface area contributed by atoms with Crippen LogP contribution < -0.4 is 10.5 Å². The summed E-state index contributed by atoms with van der Waals surface area (Å²) < 4.78 is 5.28. The summed E-state index contributed by atoms with van der Waals surface area (Å²) in [5.41, 5.74) is 9.29. The summed E-state index contributed by atoms with van der Waals surface area (Å²) in [5, 5.41) is 10.5. The van der Waals surface area contributed by atoms with Gasteiger partial charge < -0.3 is 15.6 Å². The molecule has 0 amide bonds. The molecule has 18 heavy (non-hydrogen) atoms. The molecule has 1 aliphatic rings. The van der Waals surface area contributed by atoms with E-state index in [1.54, 1.807) is 7.11 Å². The van der Waals surface area contributed by atoms with Crippen molar-refractivity contribution >= 4 is 0 Å². The largest absolute Gasteiger partial charge is 0.504 e. The van der Waals surface area contributed by atoms with Gasteiger partial charge in [0.05, 0.1) is 7.11 Å². The zero-order valence-electron chi connectivity index (χ0n) is 11.5. The first-order chi connectivity index (χ1) is 8.55. The van der Waals surface area contributed by atoms with Gasteiger partial charge in [0.15, 0.2) is 11.5 Å². The normalized spacial score (nSPS) is 18.0. The molecule has 1 aliphatic carbocycles. The SMILES string of the molecule is COc1cc(C)c(C)c(C2(CN)CCCC2)c1O. The lowest BCUT2D eigenvalue weighted by molar-refractivity contribution is 0.353. The van der Waals surface area contributed by atoms with Gasteiger partial charge in [-0.25, -0.2) is 0 Å². The highest BCUT2D eigenvalue weighted by molar-refractivity contribution is 5.56. The molecule has 3 heteroatoms. The van der Waals surface area contributed by atoms with E-state index >= 15 is 0 Å². The highest BCUT2D eigenvalue weighted by Gasteiger charge is 2.38. The van der Waals surface area contributed by atoms with Crippen molar-refractivity contribution in [3.8, 4) is 11.5 Å². The molecule has 0 radical (unpaired) electrons. The predicted molar refractivity (Wildman–Crippen MR) is 73.3 cm³/mol. The van der Waals surface area contributed by atoms with E-state index in [9.17, 15) is 5.11 Å². The van der Waals surface area contributed by atoms with E-state index < -0.39 is 0 Å². The van der Waals surface area contributed by atoms with Gasteiger partial charge >= 0.3 is 0 Å². The lowest BCUT2D eigenvalue weighted by Crippen LogP contribution is -2.33. The lowest BCUT2D eigenvalue weighted by Gasteiger charge is -2.31. The van der Waals surface area contributed by atoms with Gasteiger partial charge in [0.25, 0.3) is 0 Å². The van der Waals surface area contributed by atoms with E-state index in [2.05, 4.69) is 13.8 Å². The number of benzene rings is 1. The van der Waals surface area contributed by atoms with Crippen molar-refractivity contribution in [3.63, 3.8) is 0 Å². The average Bonchev–Trinajstić information content (AvgIpc) is 2.84. The number of phenolic OH excluding ortho intramolecular Hbond substituents is 1. The minimum absolute atomic E-state index is 0.0620. The Morgan fingerprint density at radius 1 is 1.33 bits per heavy atom. The Hall–Kier alpha value is -1.22. The van der Waals surface area contributed by atoms with Crippen molar-refractivity contribution in [2.45, 2.75) is 44.9 Å². The van der Waals surface area contributed by atoms with Crippen LogP contribution in [0.2, 0.25) is 0 Å². The molecule has 100 valence electrons. The summed E-state index contributed by atoms with van der Waals surface area (Å²) in [4.78, 5) is 0. The van der Waals surface area contributed by atoms with Gasteiger partial charge in [-0.2, -0.15) is 0 Å². The Balaban J connectivity index is 2.65. The van der Waals surface area contributed by atoms with Crippen LogP contribution in [-0.2, 0) is 5.41 Å². The number of hydrogen-bond acceptors (Lipinski definition) is 3. The zero-order chi connectivity index (χ0) is 13.3. The molecule has 1 aromatic carbocycles. The highest BCUT2D eigenvalue weighted by Crippen LogP contribution is 2.48. The van der Waals surface area contributed by atoms with Gasteiger partial charge in [0, 0.05) is 17.5 Å². The van der Waals surface area contributed by atoms with E-state index in [4.69, 9.17) is 10.5 Å². The molecular weight excluding hydrogens is 226 g/mol. The topological polar surface area (TPSA) is 55.5 Å². The maximum atomic E-state index is 10.5. The Kier molecular flexibility index (Phi) is 3.53. The quantitative estimate of drug-likeness (QED) is 0.866. The van der Waals surface area contributed by atoms with Crippen LogP contribution in [0.1, 0.15) is 42.4 Å². The number of methoxy groups -OCH3 is 1. The molecule has 0 bridgehead atoms. The molecule has 1 aromatic rings. The summed E-state index contributed by atoms with van der Waals surface area (Å²) >= 11 is 0.